The molecule has 0 saturated carbocycles. The normalized spacial score (nSPS) is 24.6. The molecule has 1 saturated heterocycles. The summed E-state index contributed by atoms with van der Waals surface area (Å²) >= 11 is 0. The minimum atomic E-state index is -0.977. The van der Waals surface area contributed by atoms with Crippen LogP contribution < -0.4 is 0 Å². The predicted molar refractivity (Wildman–Crippen MR) is 94.1 cm³/mol. The highest BCUT2D eigenvalue weighted by Gasteiger charge is 2.44. The molecular weight excluding hydrogens is 322 g/mol. The van der Waals surface area contributed by atoms with Crippen molar-refractivity contribution in [3.8, 4) is 0 Å². The summed E-state index contributed by atoms with van der Waals surface area (Å²) in [5, 5.41) is 11.3. The van der Waals surface area contributed by atoms with Crippen LogP contribution in [0, 0.1) is 11.6 Å². The number of hydrogen-bond acceptors (Lipinski definition) is 3. The number of nitrogens with zero attached hydrogens (tertiary/aromatic N) is 2. The van der Waals surface area contributed by atoms with Gasteiger partial charge >= 0.3 is 0 Å². The summed E-state index contributed by atoms with van der Waals surface area (Å²) in [7, 11) is 3.84. The van der Waals surface area contributed by atoms with E-state index in [1.54, 1.807) is 0 Å². The molecule has 1 aliphatic rings. The van der Waals surface area contributed by atoms with Gasteiger partial charge in [-0.05, 0) is 38.2 Å². The van der Waals surface area contributed by atoms with Gasteiger partial charge in [-0.25, -0.2) is 8.78 Å². The largest absolute Gasteiger partial charge is 0.383 e. The molecule has 0 aliphatic carbocycles. The lowest BCUT2D eigenvalue weighted by atomic mass is 9.79. The lowest BCUT2D eigenvalue weighted by molar-refractivity contribution is -0.0895. The Morgan fingerprint density at radius 3 is 2.32 bits per heavy atom. The Morgan fingerprint density at radius 2 is 1.72 bits per heavy atom. The van der Waals surface area contributed by atoms with Crippen LogP contribution in [0.1, 0.15) is 17.5 Å². The summed E-state index contributed by atoms with van der Waals surface area (Å²) in [6.07, 6.45) is 0.510. The van der Waals surface area contributed by atoms with Crippen LogP contribution in [0.5, 0.6) is 0 Å². The van der Waals surface area contributed by atoms with Gasteiger partial charge in [-0.1, -0.05) is 36.4 Å². The smallest absolute Gasteiger partial charge is 0.130 e. The van der Waals surface area contributed by atoms with E-state index < -0.39 is 17.2 Å². The van der Waals surface area contributed by atoms with E-state index in [1.807, 2.05) is 54.2 Å². The van der Waals surface area contributed by atoms with Crippen molar-refractivity contribution in [1.29, 1.82) is 0 Å². The van der Waals surface area contributed by atoms with E-state index in [-0.39, 0.29) is 18.2 Å². The van der Waals surface area contributed by atoms with Crippen LogP contribution in [0.2, 0.25) is 0 Å². The van der Waals surface area contributed by atoms with Crippen LogP contribution in [0.15, 0.2) is 48.5 Å². The van der Waals surface area contributed by atoms with E-state index in [9.17, 15) is 13.9 Å². The van der Waals surface area contributed by atoms with Gasteiger partial charge in [-0.15, -0.1) is 0 Å². The van der Waals surface area contributed by atoms with Crippen molar-refractivity contribution in [1.82, 2.24) is 9.80 Å². The zero-order valence-electron chi connectivity index (χ0n) is 14.6. The molecule has 134 valence electrons. The predicted octanol–water partition coefficient (Wildman–Crippen LogP) is 2.99. The van der Waals surface area contributed by atoms with Gasteiger partial charge in [0.15, 0.2) is 0 Å². The summed E-state index contributed by atoms with van der Waals surface area (Å²) in [5.41, 5.74) is -0.00902. The van der Waals surface area contributed by atoms with E-state index in [2.05, 4.69) is 0 Å². The molecule has 1 N–H and O–H groups in total. The molecule has 3 rings (SSSR count). The minimum Gasteiger partial charge on any atom is -0.383 e. The average Bonchev–Trinajstić information content (AvgIpc) is 2.60. The lowest BCUT2D eigenvalue weighted by Crippen LogP contribution is -2.58. The highest BCUT2D eigenvalue weighted by Crippen LogP contribution is 2.35. The molecule has 0 amide bonds. The molecule has 0 unspecified atom stereocenters. The van der Waals surface area contributed by atoms with Crippen molar-refractivity contribution in [3.05, 3.63) is 71.3 Å². The second-order valence-corrected chi connectivity index (χ2v) is 6.96. The first-order valence-electron chi connectivity index (χ1n) is 8.51. The second-order valence-electron chi connectivity index (χ2n) is 6.96. The molecule has 2 aromatic rings. The number of aliphatic hydroxyl groups is 1. The molecule has 2 atom stereocenters. The zero-order chi connectivity index (χ0) is 18.0. The molecule has 1 aliphatic heterocycles. The molecule has 5 heteroatoms. The Kier molecular flexibility index (Phi) is 5.18. The number of hydrogen-bond donors (Lipinski definition) is 1. The second kappa shape index (κ2) is 7.20. The number of halogens is 2. The number of piperidine rings is 1. The average molecular weight is 346 g/mol. The summed E-state index contributed by atoms with van der Waals surface area (Å²) in [6, 6.07) is 13.4. The highest BCUT2D eigenvalue weighted by atomic mass is 19.1. The van der Waals surface area contributed by atoms with E-state index in [0.717, 1.165) is 5.56 Å². The standard InChI is InChI=1S/C20H24F2N2O/c1-23(2)19-14-24(13-16-17(21)9-6-10-18(16)22)12-11-20(19,25)15-7-4-3-5-8-15/h3-10,19,25H,11-14H2,1-2H3/t19-,20+/m1/s1. The number of likely N-dealkylation sites (N-methyl/N-ethyl adjacent to an activating group) is 1. The van der Waals surface area contributed by atoms with Gasteiger partial charge < -0.3 is 10.0 Å². The van der Waals surface area contributed by atoms with E-state index in [4.69, 9.17) is 0 Å². The number of benzene rings is 2. The Morgan fingerprint density at radius 1 is 1.08 bits per heavy atom. The maximum Gasteiger partial charge on any atom is 0.130 e. The van der Waals surface area contributed by atoms with Gasteiger partial charge in [0.1, 0.15) is 17.2 Å². The Bertz CT molecular complexity index is 703. The molecule has 2 aromatic carbocycles. The fraction of sp³-hybridized carbons (Fsp3) is 0.400. The maximum absolute atomic E-state index is 14.0. The topological polar surface area (TPSA) is 26.7 Å². The Hall–Kier alpha value is -1.82. The first-order chi connectivity index (χ1) is 11.9. The van der Waals surface area contributed by atoms with Crippen LogP contribution in [0.4, 0.5) is 8.78 Å². The molecule has 0 spiro atoms. The fourth-order valence-electron chi connectivity index (χ4n) is 3.69. The molecule has 0 bridgehead atoms. The Labute approximate surface area is 147 Å². The van der Waals surface area contributed by atoms with Crippen LogP contribution in [-0.4, -0.2) is 48.1 Å². The molecule has 0 aromatic heterocycles. The monoisotopic (exact) mass is 346 g/mol. The van der Waals surface area contributed by atoms with E-state index in [1.165, 1.54) is 18.2 Å². The van der Waals surface area contributed by atoms with Crippen molar-refractivity contribution < 1.29 is 13.9 Å². The SMILES string of the molecule is CN(C)[C@@H]1CN(Cc2c(F)cccc2F)CC[C@]1(O)c1ccccc1. The zero-order valence-corrected chi connectivity index (χ0v) is 14.6. The van der Waals surface area contributed by atoms with Crippen molar-refractivity contribution >= 4 is 0 Å². The van der Waals surface area contributed by atoms with Crippen LogP contribution in [-0.2, 0) is 12.1 Å². The summed E-state index contributed by atoms with van der Waals surface area (Å²) in [4.78, 5) is 3.99. The van der Waals surface area contributed by atoms with Crippen LogP contribution in [0.3, 0.4) is 0 Å². The summed E-state index contributed by atoms with van der Waals surface area (Å²) in [6.45, 7) is 1.31. The molecule has 25 heavy (non-hydrogen) atoms. The number of rotatable bonds is 4. The fourth-order valence-corrected chi connectivity index (χ4v) is 3.69. The first-order valence-corrected chi connectivity index (χ1v) is 8.51. The highest BCUT2D eigenvalue weighted by molar-refractivity contribution is 5.26. The molecule has 1 fully saturated rings. The summed E-state index contributed by atoms with van der Waals surface area (Å²) < 4.78 is 27.9. The van der Waals surface area contributed by atoms with Crippen molar-refractivity contribution in [2.45, 2.75) is 24.6 Å². The van der Waals surface area contributed by atoms with E-state index >= 15 is 0 Å². The van der Waals surface area contributed by atoms with Gasteiger partial charge in [0.2, 0.25) is 0 Å². The Balaban J connectivity index is 1.83. The third kappa shape index (κ3) is 3.59. The molecular formula is C20H24F2N2O. The van der Waals surface area contributed by atoms with Gasteiger partial charge in [0.25, 0.3) is 0 Å². The lowest BCUT2D eigenvalue weighted by Gasteiger charge is -2.47. The third-order valence-electron chi connectivity index (χ3n) is 5.13. The summed E-state index contributed by atoms with van der Waals surface area (Å²) in [5.74, 6) is -1.05. The molecule has 3 nitrogen and oxygen atoms in total. The van der Waals surface area contributed by atoms with Gasteiger partial charge in [0.05, 0.1) is 6.04 Å². The molecule has 1 heterocycles. The van der Waals surface area contributed by atoms with Gasteiger partial charge in [-0.3, -0.25) is 4.90 Å². The van der Waals surface area contributed by atoms with Crippen molar-refractivity contribution in [2.24, 2.45) is 0 Å². The van der Waals surface area contributed by atoms with Gasteiger partial charge in [0, 0.05) is 25.2 Å². The third-order valence-corrected chi connectivity index (χ3v) is 5.13. The van der Waals surface area contributed by atoms with Gasteiger partial charge in [-0.2, -0.15) is 0 Å². The maximum atomic E-state index is 14.0. The first kappa shape index (κ1) is 18.0. The van der Waals surface area contributed by atoms with Crippen molar-refractivity contribution in [3.63, 3.8) is 0 Å². The van der Waals surface area contributed by atoms with E-state index in [0.29, 0.717) is 19.5 Å². The quantitative estimate of drug-likeness (QED) is 0.922. The van der Waals surface area contributed by atoms with Crippen LogP contribution in [0.25, 0.3) is 0 Å². The molecule has 0 radical (unpaired) electrons. The number of likely N-dealkylation sites (tertiary alicyclic amines) is 1. The minimum absolute atomic E-state index is 0.0881. The van der Waals surface area contributed by atoms with Crippen molar-refractivity contribution in [2.75, 3.05) is 27.2 Å². The van der Waals surface area contributed by atoms with Crippen LogP contribution >= 0.6 is 0 Å².